The van der Waals surface area contributed by atoms with Gasteiger partial charge in [-0.3, -0.25) is 9.69 Å². The second-order valence-corrected chi connectivity index (χ2v) is 6.99. The van der Waals surface area contributed by atoms with Crippen molar-refractivity contribution >= 4 is 5.91 Å². The summed E-state index contributed by atoms with van der Waals surface area (Å²) in [4.78, 5) is 14.5. The molecule has 4 heterocycles. The summed E-state index contributed by atoms with van der Waals surface area (Å²) < 4.78 is 16.1. The highest BCUT2D eigenvalue weighted by molar-refractivity contribution is 5.91. The van der Waals surface area contributed by atoms with Gasteiger partial charge in [0, 0.05) is 49.8 Å². The molecular formula is C18H23N3O4. The number of hydrogen-bond acceptors (Lipinski definition) is 6. The van der Waals surface area contributed by atoms with Gasteiger partial charge in [-0.1, -0.05) is 5.16 Å². The van der Waals surface area contributed by atoms with Crippen LogP contribution in [0.25, 0.3) is 0 Å². The summed E-state index contributed by atoms with van der Waals surface area (Å²) in [6.07, 6.45) is 8.26. The van der Waals surface area contributed by atoms with Gasteiger partial charge in [0.2, 0.25) is 5.76 Å². The lowest BCUT2D eigenvalue weighted by atomic mass is 9.74. The molecule has 0 aromatic carbocycles. The number of carbonyl (C=O) groups is 1. The largest absolute Gasteiger partial charge is 0.472 e. The first-order valence-electron chi connectivity index (χ1n) is 8.79. The van der Waals surface area contributed by atoms with Gasteiger partial charge in [0.25, 0.3) is 5.91 Å². The molecule has 25 heavy (non-hydrogen) atoms. The van der Waals surface area contributed by atoms with E-state index in [9.17, 15) is 4.79 Å². The molecular weight excluding hydrogens is 322 g/mol. The Bertz CT molecular complexity index is 685. The van der Waals surface area contributed by atoms with Gasteiger partial charge in [-0.15, -0.1) is 0 Å². The highest BCUT2D eigenvalue weighted by Gasteiger charge is 2.47. The lowest BCUT2D eigenvalue weighted by Gasteiger charge is -2.43. The molecule has 0 bridgehead atoms. The van der Waals surface area contributed by atoms with Gasteiger partial charge in [-0.25, -0.2) is 0 Å². The predicted octanol–water partition coefficient (Wildman–Crippen LogP) is 2.07. The lowest BCUT2D eigenvalue weighted by Crippen LogP contribution is -2.50. The van der Waals surface area contributed by atoms with Gasteiger partial charge in [0.05, 0.1) is 24.8 Å². The van der Waals surface area contributed by atoms with Gasteiger partial charge < -0.3 is 19.0 Å². The number of piperidine rings is 1. The van der Waals surface area contributed by atoms with Crippen LogP contribution < -0.4 is 5.32 Å². The first-order valence-corrected chi connectivity index (χ1v) is 8.79. The number of hydrogen-bond donors (Lipinski definition) is 1. The Kier molecular flexibility index (Phi) is 4.59. The van der Waals surface area contributed by atoms with Gasteiger partial charge >= 0.3 is 0 Å². The summed E-state index contributed by atoms with van der Waals surface area (Å²) in [6, 6.07) is 3.59. The first-order chi connectivity index (χ1) is 12.3. The van der Waals surface area contributed by atoms with Crippen LogP contribution in [0.5, 0.6) is 0 Å². The average molecular weight is 345 g/mol. The van der Waals surface area contributed by atoms with Gasteiger partial charge in [0.1, 0.15) is 0 Å². The molecule has 0 radical (unpaired) electrons. The molecule has 134 valence electrons. The minimum absolute atomic E-state index is 0.108. The Morgan fingerprint density at radius 1 is 1.44 bits per heavy atom. The minimum Gasteiger partial charge on any atom is -0.472 e. The SMILES string of the molecule is O=C(NCC[C@@]12CCO[C@@H]1CCN(Cc1ccoc1)C2)c1ccno1. The standard InChI is InChI=1S/C18H23N3O4/c22-17(15-1-6-20-25-15)19-7-4-18-5-10-24-16(18)2-8-21(13-18)11-14-3-9-23-12-14/h1,3,6,9,12,16H,2,4-5,7-8,10-11,13H2,(H,19,22)/t16-,18+/m1/s1. The number of aromatic nitrogens is 1. The van der Waals surface area contributed by atoms with E-state index in [1.807, 2.05) is 12.3 Å². The van der Waals surface area contributed by atoms with Crippen molar-refractivity contribution in [3.63, 3.8) is 0 Å². The zero-order valence-electron chi connectivity index (χ0n) is 14.1. The second-order valence-electron chi connectivity index (χ2n) is 6.99. The quantitative estimate of drug-likeness (QED) is 0.863. The molecule has 0 spiro atoms. The summed E-state index contributed by atoms with van der Waals surface area (Å²) in [6.45, 7) is 4.33. The molecule has 0 aliphatic carbocycles. The van der Waals surface area contributed by atoms with Crippen molar-refractivity contribution in [2.45, 2.75) is 31.9 Å². The van der Waals surface area contributed by atoms with Crippen LogP contribution in [0.2, 0.25) is 0 Å². The van der Waals surface area contributed by atoms with Crippen LogP contribution in [0.15, 0.2) is 39.8 Å². The number of likely N-dealkylation sites (tertiary alicyclic amines) is 1. The smallest absolute Gasteiger partial charge is 0.289 e. The Hall–Kier alpha value is -2.12. The fourth-order valence-electron chi connectivity index (χ4n) is 4.12. The van der Waals surface area contributed by atoms with Crippen molar-refractivity contribution in [1.82, 2.24) is 15.4 Å². The highest BCUT2D eigenvalue weighted by atomic mass is 16.5. The van der Waals surface area contributed by atoms with Crippen molar-refractivity contribution in [3.8, 4) is 0 Å². The molecule has 0 unspecified atom stereocenters. The summed E-state index contributed by atoms with van der Waals surface area (Å²) in [5.74, 6) is 0.0392. The number of furan rings is 1. The zero-order chi connectivity index (χ0) is 17.1. The van der Waals surface area contributed by atoms with Crippen LogP contribution >= 0.6 is 0 Å². The van der Waals surface area contributed by atoms with Crippen LogP contribution in [0.4, 0.5) is 0 Å². The van der Waals surface area contributed by atoms with Crippen molar-refractivity contribution < 1.29 is 18.5 Å². The summed E-state index contributed by atoms with van der Waals surface area (Å²) in [5, 5.41) is 6.51. The summed E-state index contributed by atoms with van der Waals surface area (Å²) in [7, 11) is 0. The van der Waals surface area contributed by atoms with Crippen LogP contribution in [0, 0.1) is 5.41 Å². The maximum atomic E-state index is 12.0. The van der Waals surface area contributed by atoms with Gasteiger partial charge in [-0.2, -0.15) is 0 Å². The number of nitrogens with zero attached hydrogens (tertiary/aromatic N) is 2. The van der Waals surface area contributed by atoms with Crippen molar-refractivity contribution in [1.29, 1.82) is 0 Å². The van der Waals surface area contributed by atoms with Crippen LogP contribution in [-0.4, -0.2) is 48.3 Å². The summed E-state index contributed by atoms with van der Waals surface area (Å²) >= 11 is 0. The molecule has 2 aromatic heterocycles. The van der Waals surface area contributed by atoms with E-state index in [-0.39, 0.29) is 23.2 Å². The molecule has 1 amide bonds. The fraction of sp³-hybridized carbons (Fsp3) is 0.556. The van der Waals surface area contributed by atoms with E-state index in [2.05, 4.69) is 15.4 Å². The van der Waals surface area contributed by atoms with Crippen LogP contribution in [0.1, 0.15) is 35.4 Å². The maximum Gasteiger partial charge on any atom is 0.289 e. The number of nitrogens with one attached hydrogen (secondary N) is 1. The van der Waals surface area contributed by atoms with Crippen LogP contribution in [0.3, 0.4) is 0 Å². The second kappa shape index (κ2) is 7.01. The van der Waals surface area contributed by atoms with Gasteiger partial charge in [-0.05, 0) is 25.3 Å². The fourth-order valence-corrected chi connectivity index (χ4v) is 4.12. The number of rotatable bonds is 6. The Morgan fingerprint density at radius 3 is 3.20 bits per heavy atom. The minimum atomic E-state index is -0.213. The molecule has 4 rings (SSSR count). The molecule has 2 fully saturated rings. The normalized spacial score (nSPS) is 26.5. The molecule has 1 N–H and O–H groups in total. The third kappa shape index (κ3) is 3.48. The molecule has 2 saturated heterocycles. The third-order valence-electron chi connectivity index (χ3n) is 5.40. The molecule has 2 atom stereocenters. The monoisotopic (exact) mass is 345 g/mol. The van der Waals surface area contributed by atoms with Gasteiger partial charge in [0.15, 0.2) is 0 Å². The summed E-state index contributed by atoms with van der Waals surface area (Å²) in [5.41, 5.74) is 1.31. The molecule has 7 nitrogen and oxygen atoms in total. The topological polar surface area (TPSA) is 80.7 Å². The number of carbonyl (C=O) groups excluding carboxylic acids is 1. The van der Waals surface area contributed by atoms with E-state index in [1.165, 1.54) is 11.8 Å². The predicted molar refractivity (Wildman–Crippen MR) is 88.8 cm³/mol. The number of fused-ring (bicyclic) bond motifs is 1. The number of ether oxygens (including phenoxy) is 1. The third-order valence-corrected chi connectivity index (χ3v) is 5.40. The number of amides is 1. The van der Waals surface area contributed by atoms with E-state index in [0.717, 1.165) is 45.5 Å². The molecule has 2 aliphatic heterocycles. The zero-order valence-corrected chi connectivity index (χ0v) is 14.1. The Labute approximate surface area is 146 Å². The van der Waals surface area contributed by atoms with E-state index in [4.69, 9.17) is 13.7 Å². The lowest BCUT2D eigenvalue weighted by molar-refractivity contribution is -0.0241. The van der Waals surface area contributed by atoms with Crippen LogP contribution in [-0.2, 0) is 11.3 Å². The average Bonchev–Trinajstić information content (AvgIpc) is 3.36. The Morgan fingerprint density at radius 2 is 2.40 bits per heavy atom. The van der Waals surface area contributed by atoms with E-state index in [0.29, 0.717) is 6.54 Å². The molecule has 0 saturated carbocycles. The molecule has 2 aliphatic rings. The van der Waals surface area contributed by atoms with Crippen molar-refractivity contribution in [2.75, 3.05) is 26.2 Å². The van der Waals surface area contributed by atoms with E-state index in [1.54, 1.807) is 12.3 Å². The Balaban J connectivity index is 1.36. The highest BCUT2D eigenvalue weighted by Crippen LogP contribution is 2.43. The molecule has 7 heteroatoms. The van der Waals surface area contributed by atoms with E-state index < -0.39 is 0 Å². The van der Waals surface area contributed by atoms with Crippen molar-refractivity contribution in [3.05, 3.63) is 42.2 Å². The maximum absolute atomic E-state index is 12.0. The van der Waals surface area contributed by atoms with Crippen molar-refractivity contribution in [2.24, 2.45) is 5.41 Å². The molecule has 2 aromatic rings. The first kappa shape index (κ1) is 16.4. The van der Waals surface area contributed by atoms with E-state index >= 15 is 0 Å².